The number of hydrogen-bond donors (Lipinski definition) is 3. The van der Waals surface area contributed by atoms with Gasteiger partial charge in [-0.3, -0.25) is 4.79 Å². The van der Waals surface area contributed by atoms with Crippen molar-refractivity contribution in [2.45, 2.75) is 43.0 Å². The van der Waals surface area contributed by atoms with Crippen molar-refractivity contribution in [2.24, 2.45) is 11.8 Å². The number of anilines is 2. The quantitative estimate of drug-likeness (QED) is 0.728. The third-order valence-corrected chi connectivity index (χ3v) is 5.01. The molecule has 1 heterocycles. The van der Waals surface area contributed by atoms with Gasteiger partial charge in [0, 0.05) is 11.3 Å². The van der Waals surface area contributed by atoms with Gasteiger partial charge in [0.1, 0.15) is 11.6 Å². The minimum absolute atomic E-state index is 0.0209. The van der Waals surface area contributed by atoms with E-state index in [-0.39, 0.29) is 11.2 Å². The normalized spacial score (nSPS) is 26.4. The first kappa shape index (κ1) is 14.9. The van der Waals surface area contributed by atoms with Crippen LogP contribution in [-0.4, -0.2) is 26.3 Å². The van der Waals surface area contributed by atoms with Crippen LogP contribution in [0.5, 0.6) is 0 Å². The molecule has 0 bridgehead atoms. The SMILES string of the molecule is CCC1CCC(C(=O)O)C(Sc2nc(N)cc(N)n2)C1. The maximum absolute atomic E-state index is 11.4. The summed E-state index contributed by atoms with van der Waals surface area (Å²) >= 11 is 1.39. The number of aromatic nitrogens is 2. The molecule has 2 rings (SSSR count). The van der Waals surface area contributed by atoms with E-state index >= 15 is 0 Å². The van der Waals surface area contributed by atoms with Crippen molar-refractivity contribution in [2.75, 3.05) is 11.5 Å². The van der Waals surface area contributed by atoms with Crippen LogP contribution in [0.2, 0.25) is 0 Å². The summed E-state index contributed by atoms with van der Waals surface area (Å²) in [5, 5.41) is 9.80. The Morgan fingerprint density at radius 3 is 2.60 bits per heavy atom. The Balaban J connectivity index is 2.15. The first-order valence-corrected chi connectivity index (χ1v) is 7.67. The highest BCUT2D eigenvalue weighted by Gasteiger charge is 2.35. The van der Waals surface area contributed by atoms with E-state index in [0.717, 1.165) is 19.3 Å². The van der Waals surface area contributed by atoms with Crippen molar-refractivity contribution in [3.8, 4) is 0 Å². The van der Waals surface area contributed by atoms with Crippen molar-refractivity contribution < 1.29 is 9.90 Å². The van der Waals surface area contributed by atoms with E-state index in [9.17, 15) is 9.90 Å². The molecule has 0 aliphatic heterocycles. The number of rotatable bonds is 4. The van der Waals surface area contributed by atoms with E-state index in [1.54, 1.807) is 0 Å². The molecule has 0 radical (unpaired) electrons. The fourth-order valence-corrected chi connectivity index (χ4v) is 4.02. The summed E-state index contributed by atoms with van der Waals surface area (Å²) in [5.41, 5.74) is 11.3. The monoisotopic (exact) mass is 296 g/mol. The molecule has 110 valence electrons. The van der Waals surface area contributed by atoms with E-state index in [1.165, 1.54) is 17.8 Å². The van der Waals surface area contributed by atoms with Crippen LogP contribution in [0, 0.1) is 11.8 Å². The third-order valence-electron chi connectivity index (χ3n) is 3.80. The van der Waals surface area contributed by atoms with Crippen LogP contribution >= 0.6 is 11.8 Å². The zero-order valence-electron chi connectivity index (χ0n) is 11.5. The number of thioether (sulfide) groups is 1. The molecule has 5 N–H and O–H groups in total. The zero-order chi connectivity index (χ0) is 14.7. The van der Waals surface area contributed by atoms with E-state index in [2.05, 4.69) is 16.9 Å². The van der Waals surface area contributed by atoms with Crippen molar-refractivity contribution in [1.82, 2.24) is 9.97 Å². The molecule has 1 fully saturated rings. The van der Waals surface area contributed by atoms with Gasteiger partial charge in [-0.25, -0.2) is 9.97 Å². The second-order valence-corrected chi connectivity index (χ2v) is 6.39. The average molecular weight is 296 g/mol. The maximum atomic E-state index is 11.4. The molecule has 1 aliphatic rings. The molecule has 0 amide bonds. The molecular formula is C13H20N4O2S. The number of aliphatic carboxylic acids is 1. The zero-order valence-corrected chi connectivity index (χ0v) is 12.3. The van der Waals surface area contributed by atoms with Crippen LogP contribution in [0.4, 0.5) is 11.6 Å². The van der Waals surface area contributed by atoms with Gasteiger partial charge in [-0.2, -0.15) is 0 Å². The molecule has 0 aromatic carbocycles. The lowest BCUT2D eigenvalue weighted by Crippen LogP contribution is -2.32. The van der Waals surface area contributed by atoms with Crippen molar-refractivity contribution in [3.05, 3.63) is 6.07 Å². The molecular weight excluding hydrogens is 276 g/mol. The fraction of sp³-hybridized carbons (Fsp3) is 0.615. The minimum atomic E-state index is -0.742. The molecule has 6 nitrogen and oxygen atoms in total. The van der Waals surface area contributed by atoms with Gasteiger partial charge >= 0.3 is 5.97 Å². The molecule has 0 spiro atoms. The molecule has 3 unspecified atom stereocenters. The van der Waals surface area contributed by atoms with Gasteiger partial charge in [-0.15, -0.1) is 0 Å². The lowest BCUT2D eigenvalue weighted by molar-refractivity contribution is -0.142. The number of carbonyl (C=O) groups is 1. The average Bonchev–Trinajstić information content (AvgIpc) is 2.37. The Labute approximate surface area is 122 Å². The molecule has 1 aromatic rings. The molecule has 7 heteroatoms. The van der Waals surface area contributed by atoms with Crippen LogP contribution in [0.15, 0.2) is 11.2 Å². The number of hydrogen-bond acceptors (Lipinski definition) is 6. The fourth-order valence-electron chi connectivity index (χ4n) is 2.65. The van der Waals surface area contributed by atoms with E-state index in [0.29, 0.717) is 29.1 Å². The minimum Gasteiger partial charge on any atom is -0.481 e. The lowest BCUT2D eigenvalue weighted by atomic mass is 9.80. The first-order chi connectivity index (χ1) is 9.49. The number of nitrogens with zero attached hydrogens (tertiary/aromatic N) is 2. The van der Waals surface area contributed by atoms with Gasteiger partial charge in [-0.05, 0) is 25.2 Å². The Morgan fingerprint density at radius 1 is 1.40 bits per heavy atom. The second-order valence-electron chi connectivity index (χ2n) is 5.19. The smallest absolute Gasteiger partial charge is 0.307 e. The van der Waals surface area contributed by atoms with Crippen molar-refractivity contribution >= 4 is 29.4 Å². The van der Waals surface area contributed by atoms with Gasteiger partial charge in [0.15, 0.2) is 5.16 Å². The second kappa shape index (κ2) is 6.30. The lowest BCUT2D eigenvalue weighted by Gasteiger charge is -2.32. The van der Waals surface area contributed by atoms with Crippen molar-refractivity contribution in [3.63, 3.8) is 0 Å². The van der Waals surface area contributed by atoms with Crippen LogP contribution in [0.3, 0.4) is 0 Å². The summed E-state index contributed by atoms with van der Waals surface area (Å²) in [5.74, 6) is 0.106. The number of carboxylic acids is 1. The predicted molar refractivity (Wildman–Crippen MR) is 79.3 cm³/mol. The molecule has 1 saturated carbocycles. The summed E-state index contributed by atoms with van der Waals surface area (Å²) < 4.78 is 0. The molecule has 1 aromatic heterocycles. The Morgan fingerprint density at radius 2 is 2.05 bits per heavy atom. The molecule has 1 aliphatic carbocycles. The number of nitrogens with two attached hydrogens (primary N) is 2. The van der Waals surface area contributed by atoms with Gasteiger partial charge < -0.3 is 16.6 Å². The summed E-state index contributed by atoms with van der Waals surface area (Å²) in [6, 6.07) is 1.49. The van der Waals surface area contributed by atoms with Crippen LogP contribution < -0.4 is 11.5 Å². The largest absolute Gasteiger partial charge is 0.481 e. The standard InChI is InChI=1S/C13H20N4O2S/c1-2-7-3-4-8(12(18)19)9(5-7)20-13-16-10(14)6-11(15)17-13/h6-9H,2-5H2,1H3,(H,18,19)(H4,14,15,16,17). The topological polar surface area (TPSA) is 115 Å². The first-order valence-electron chi connectivity index (χ1n) is 6.79. The third kappa shape index (κ3) is 3.53. The van der Waals surface area contributed by atoms with Crippen LogP contribution in [-0.2, 0) is 4.79 Å². The van der Waals surface area contributed by atoms with Crippen molar-refractivity contribution in [1.29, 1.82) is 0 Å². The van der Waals surface area contributed by atoms with E-state index in [4.69, 9.17) is 11.5 Å². The molecule has 3 atom stereocenters. The highest BCUT2D eigenvalue weighted by Crippen LogP contribution is 2.40. The molecule has 0 saturated heterocycles. The summed E-state index contributed by atoms with van der Waals surface area (Å²) in [7, 11) is 0. The predicted octanol–water partition coefficient (Wildman–Crippen LogP) is 2.01. The Bertz CT molecular complexity index is 477. The highest BCUT2D eigenvalue weighted by atomic mass is 32.2. The maximum Gasteiger partial charge on any atom is 0.307 e. The van der Waals surface area contributed by atoms with E-state index in [1.807, 2.05) is 0 Å². The summed E-state index contributed by atoms with van der Waals surface area (Å²) in [6.07, 6.45) is 3.63. The highest BCUT2D eigenvalue weighted by molar-refractivity contribution is 7.99. The summed E-state index contributed by atoms with van der Waals surface area (Å²) in [6.45, 7) is 2.14. The van der Waals surface area contributed by atoms with Crippen LogP contribution in [0.1, 0.15) is 32.6 Å². The van der Waals surface area contributed by atoms with Gasteiger partial charge in [0.2, 0.25) is 0 Å². The number of carboxylic acid groups (broad SMARTS) is 1. The van der Waals surface area contributed by atoms with Gasteiger partial charge in [0.05, 0.1) is 5.92 Å². The Hall–Kier alpha value is -1.50. The van der Waals surface area contributed by atoms with Crippen LogP contribution in [0.25, 0.3) is 0 Å². The summed E-state index contributed by atoms with van der Waals surface area (Å²) in [4.78, 5) is 19.6. The van der Waals surface area contributed by atoms with E-state index < -0.39 is 5.97 Å². The Kier molecular flexibility index (Phi) is 4.69. The number of nitrogen functional groups attached to an aromatic ring is 2. The van der Waals surface area contributed by atoms with Gasteiger partial charge in [-0.1, -0.05) is 25.1 Å². The van der Waals surface area contributed by atoms with Gasteiger partial charge in [0.25, 0.3) is 0 Å². The molecule has 20 heavy (non-hydrogen) atoms.